The fraction of sp³-hybridized carbons (Fsp3) is 0.227. The molecule has 0 atom stereocenters. The summed E-state index contributed by atoms with van der Waals surface area (Å²) in [5, 5.41) is 1.50. The lowest BCUT2D eigenvalue weighted by Gasteiger charge is -2.29. The molecule has 5 nitrogen and oxygen atoms in total. The molecular weight excluding hydrogens is 406 g/mol. The Kier molecular flexibility index (Phi) is 5.74. The number of aromatic nitrogens is 2. The highest BCUT2D eigenvalue weighted by Crippen LogP contribution is 2.28. The largest absolute Gasteiger partial charge is 0.311 e. The van der Waals surface area contributed by atoms with Crippen molar-refractivity contribution < 1.29 is 4.79 Å². The van der Waals surface area contributed by atoms with Crippen LogP contribution in [0.2, 0.25) is 5.02 Å². The fourth-order valence-electron chi connectivity index (χ4n) is 3.57. The first-order chi connectivity index (χ1) is 14.1. The number of amides is 1. The van der Waals surface area contributed by atoms with Gasteiger partial charge in [-0.1, -0.05) is 47.6 Å². The van der Waals surface area contributed by atoms with E-state index in [-0.39, 0.29) is 17.2 Å². The summed E-state index contributed by atoms with van der Waals surface area (Å²) in [4.78, 5) is 32.3. The van der Waals surface area contributed by atoms with Crippen molar-refractivity contribution in [2.45, 2.75) is 24.5 Å². The summed E-state index contributed by atoms with van der Waals surface area (Å²) in [6.45, 7) is 4.76. The summed E-state index contributed by atoms with van der Waals surface area (Å²) in [7, 11) is 0. The zero-order chi connectivity index (χ0) is 20.4. The van der Waals surface area contributed by atoms with Crippen molar-refractivity contribution in [1.82, 2.24) is 9.55 Å². The van der Waals surface area contributed by atoms with Gasteiger partial charge in [0, 0.05) is 23.8 Å². The number of aryl methyl sites for hydroxylation is 1. The van der Waals surface area contributed by atoms with Gasteiger partial charge < -0.3 is 4.90 Å². The number of hydrogen-bond acceptors (Lipinski definition) is 4. The number of benzene rings is 2. The number of allylic oxidation sites excluding steroid dienone is 1. The second-order valence-corrected chi connectivity index (χ2v) is 8.21. The van der Waals surface area contributed by atoms with Crippen molar-refractivity contribution in [2.24, 2.45) is 0 Å². The SMILES string of the molecule is C=CCn1c(SCC(=O)N2CCCc3ccccc32)nc2cc(Cl)ccc2c1=O. The average Bonchev–Trinajstić information content (AvgIpc) is 2.73. The maximum absolute atomic E-state index is 13.0. The normalized spacial score (nSPS) is 13.3. The molecule has 0 spiro atoms. The minimum atomic E-state index is -0.162. The van der Waals surface area contributed by atoms with E-state index in [0.29, 0.717) is 34.2 Å². The Morgan fingerprint density at radius 3 is 2.93 bits per heavy atom. The van der Waals surface area contributed by atoms with Crippen LogP contribution in [0.15, 0.2) is 65.1 Å². The molecule has 2 aromatic carbocycles. The summed E-state index contributed by atoms with van der Waals surface area (Å²) in [5.74, 6) is 0.206. The van der Waals surface area contributed by atoms with Gasteiger partial charge >= 0.3 is 0 Å². The van der Waals surface area contributed by atoms with E-state index in [1.165, 1.54) is 17.3 Å². The number of anilines is 1. The van der Waals surface area contributed by atoms with Gasteiger partial charge in [-0.25, -0.2) is 4.98 Å². The van der Waals surface area contributed by atoms with Crippen molar-refractivity contribution in [3.8, 4) is 0 Å². The molecule has 1 amide bonds. The number of nitrogens with zero attached hydrogens (tertiary/aromatic N) is 3. The molecule has 0 fully saturated rings. The topological polar surface area (TPSA) is 55.2 Å². The Labute approximate surface area is 178 Å². The molecule has 0 bridgehead atoms. The Hall–Kier alpha value is -2.57. The van der Waals surface area contributed by atoms with Crippen molar-refractivity contribution >= 4 is 45.9 Å². The maximum atomic E-state index is 13.0. The second kappa shape index (κ2) is 8.43. The predicted molar refractivity (Wildman–Crippen MR) is 119 cm³/mol. The molecule has 0 aliphatic carbocycles. The Balaban J connectivity index is 1.63. The number of hydrogen-bond donors (Lipinski definition) is 0. The summed E-state index contributed by atoms with van der Waals surface area (Å²) in [6, 6.07) is 13.0. The number of rotatable bonds is 5. The third-order valence-electron chi connectivity index (χ3n) is 4.93. The molecule has 1 aromatic heterocycles. The smallest absolute Gasteiger partial charge is 0.262 e. The quantitative estimate of drug-likeness (QED) is 0.347. The lowest BCUT2D eigenvalue weighted by molar-refractivity contribution is -0.116. The molecule has 1 aliphatic heterocycles. The molecule has 7 heteroatoms. The average molecular weight is 426 g/mol. The minimum absolute atomic E-state index is 0.00717. The number of fused-ring (bicyclic) bond motifs is 2. The van der Waals surface area contributed by atoms with E-state index in [0.717, 1.165) is 18.5 Å². The van der Waals surface area contributed by atoms with Gasteiger partial charge in [0.25, 0.3) is 5.56 Å². The van der Waals surface area contributed by atoms with Gasteiger partial charge in [-0.05, 0) is 42.7 Å². The van der Waals surface area contributed by atoms with Gasteiger partial charge in [-0.2, -0.15) is 0 Å². The van der Waals surface area contributed by atoms with Crippen LogP contribution in [0.4, 0.5) is 5.69 Å². The summed E-state index contributed by atoms with van der Waals surface area (Å²) in [6.07, 6.45) is 3.58. The van der Waals surface area contributed by atoms with Gasteiger partial charge in [0.1, 0.15) is 0 Å². The van der Waals surface area contributed by atoms with Crippen LogP contribution in [0.3, 0.4) is 0 Å². The lowest BCUT2D eigenvalue weighted by atomic mass is 10.0. The van der Waals surface area contributed by atoms with Crippen molar-refractivity contribution in [1.29, 1.82) is 0 Å². The first kappa shape index (κ1) is 19.7. The summed E-state index contributed by atoms with van der Waals surface area (Å²) in [5.41, 5.74) is 2.54. The molecule has 29 heavy (non-hydrogen) atoms. The molecule has 1 aliphatic rings. The summed E-state index contributed by atoms with van der Waals surface area (Å²) >= 11 is 7.34. The van der Waals surface area contributed by atoms with E-state index >= 15 is 0 Å². The fourth-order valence-corrected chi connectivity index (χ4v) is 4.62. The number of carbonyl (C=O) groups is 1. The highest BCUT2D eigenvalue weighted by Gasteiger charge is 2.23. The number of thioether (sulfide) groups is 1. The maximum Gasteiger partial charge on any atom is 0.262 e. The van der Waals surface area contributed by atoms with Crippen LogP contribution in [0, 0.1) is 0 Å². The summed E-state index contributed by atoms with van der Waals surface area (Å²) < 4.78 is 1.55. The van der Waals surface area contributed by atoms with E-state index in [1.54, 1.807) is 28.8 Å². The predicted octanol–water partition coefficient (Wildman–Crippen LogP) is 4.31. The van der Waals surface area contributed by atoms with Gasteiger partial charge in [-0.15, -0.1) is 6.58 Å². The van der Waals surface area contributed by atoms with Crippen LogP contribution in [-0.2, 0) is 17.8 Å². The van der Waals surface area contributed by atoms with Crippen molar-refractivity contribution in [3.05, 3.63) is 76.1 Å². The van der Waals surface area contributed by atoms with Crippen LogP contribution in [0.1, 0.15) is 12.0 Å². The van der Waals surface area contributed by atoms with Gasteiger partial charge in [0.2, 0.25) is 5.91 Å². The Morgan fingerprint density at radius 1 is 1.28 bits per heavy atom. The molecule has 0 N–H and O–H groups in total. The van der Waals surface area contributed by atoms with Crippen LogP contribution < -0.4 is 10.5 Å². The van der Waals surface area contributed by atoms with Gasteiger partial charge in [0.05, 0.1) is 16.7 Å². The molecule has 4 rings (SSSR count). The highest BCUT2D eigenvalue weighted by molar-refractivity contribution is 7.99. The minimum Gasteiger partial charge on any atom is -0.311 e. The molecule has 148 valence electrons. The molecular formula is C22H20ClN3O2S. The first-order valence-corrected chi connectivity index (χ1v) is 10.8. The lowest BCUT2D eigenvalue weighted by Crippen LogP contribution is -2.36. The monoisotopic (exact) mass is 425 g/mol. The zero-order valence-electron chi connectivity index (χ0n) is 15.8. The van der Waals surface area contributed by atoms with Crippen LogP contribution >= 0.6 is 23.4 Å². The first-order valence-electron chi connectivity index (χ1n) is 9.40. The molecule has 0 radical (unpaired) electrons. The number of halogens is 1. The van der Waals surface area contributed by atoms with Crippen LogP contribution in [0.25, 0.3) is 10.9 Å². The number of carbonyl (C=O) groups excluding carboxylic acids is 1. The third kappa shape index (κ3) is 3.95. The van der Waals surface area contributed by atoms with E-state index in [1.807, 2.05) is 23.1 Å². The zero-order valence-corrected chi connectivity index (χ0v) is 17.4. The Morgan fingerprint density at radius 2 is 2.10 bits per heavy atom. The van der Waals surface area contributed by atoms with E-state index < -0.39 is 0 Å². The van der Waals surface area contributed by atoms with E-state index in [4.69, 9.17) is 11.6 Å². The molecule has 2 heterocycles. The van der Waals surface area contributed by atoms with Crippen LogP contribution in [0.5, 0.6) is 0 Å². The molecule has 0 saturated carbocycles. The number of para-hydroxylation sites is 1. The van der Waals surface area contributed by atoms with E-state index in [9.17, 15) is 9.59 Å². The van der Waals surface area contributed by atoms with Crippen molar-refractivity contribution in [3.63, 3.8) is 0 Å². The Bertz CT molecular complexity index is 1160. The van der Waals surface area contributed by atoms with Gasteiger partial charge in [0.15, 0.2) is 5.16 Å². The van der Waals surface area contributed by atoms with E-state index in [2.05, 4.69) is 17.6 Å². The van der Waals surface area contributed by atoms with Gasteiger partial charge in [-0.3, -0.25) is 14.2 Å². The third-order valence-corrected chi connectivity index (χ3v) is 6.13. The van der Waals surface area contributed by atoms with Crippen LogP contribution in [-0.4, -0.2) is 27.8 Å². The van der Waals surface area contributed by atoms with Crippen molar-refractivity contribution in [2.75, 3.05) is 17.2 Å². The molecule has 0 unspecified atom stereocenters. The molecule has 3 aromatic rings. The molecule has 0 saturated heterocycles. The second-order valence-electron chi connectivity index (χ2n) is 6.83. The standard InChI is InChI=1S/C22H20ClN3O2S/c1-2-11-26-21(28)17-10-9-16(23)13-18(17)24-22(26)29-14-20(27)25-12-5-7-15-6-3-4-8-19(15)25/h2-4,6,8-10,13H,1,5,7,11-12,14H2. The highest BCUT2D eigenvalue weighted by atomic mass is 35.5.